The van der Waals surface area contributed by atoms with Crippen molar-refractivity contribution in [1.29, 1.82) is 0 Å². The van der Waals surface area contributed by atoms with Crippen molar-refractivity contribution in [2.45, 2.75) is 17.5 Å². The average molecular weight is 515 g/mol. The lowest BCUT2D eigenvalue weighted by Gasteiger charge is -2.38. The monoisotopic (exact) mass is 514 g/mol. The second-order valence-corrected chi connectivity index (χ2v) is 10.7. The molecule has 0 aliphatic carbocycles. The van der Waals surface area contributed by atoms with Crippen molar-refractivity contribution in [2.24, 2.45) is 0 Å². The molecule has 2 atom stereocenters. The molecule has 0 saturated carbocycles. The summed E-state index contributed by atoms with van der Waals surface area (Å²) >= 11 is 12.6. The van der Waals surface area contributed by atoms with Crippen LogP contribution in [0.2, 0.25) is 0 Å². The van der Waals surface area contributed by atoms with Crippen LogP contribution in [-0.4, -0.2) is 62.9 Å². The Balaban J connectivity index is 1.49. The lowest BCUT2D eigenvalue weighted by Crippen LogP contribution is -2.51. The molecule has 2 saturated heterocycles. The number of carbonyl (C=O) groups excluding carboxylic acids is 2. The summed E-state index contributed by atoms with van der Waals surface area (Å²) in [5.41, 5.74) is 1.19. The van der Waals surface area contributed by atoms with E-state index in [1.54, 1.807) is 29.2 Å². The molecule has 12 heteroatoms. The molecule has 1 aromatic carbocycles. The fraction of sp³-hybridized carbons (Fsp3) is 0.381. The molecule has 2 fully saturated rings. The van der Waals surface area contributed by atoms with Crippen LogP contribution in [0.15, 0.2) is 36.5 Å². The molecular weight excluding hydrogens is 494 g/mol. The Labute approximate surface area is 202 Å². The fourth-order valence-electron chi connectivity index (χ4n) is 3.69. The van der Waals surface area contributed by atoms with Gasteiger partial charge in [0, 0.05) is 47.3 Å². The summed E-state index contributed by atoms with van der Waals surface area (Å²) in [7, 11) is -1.09. The summed E-state index contributed by atoms with van der Waals surface area (Å²) in [6, 6.07) is 7.82. The van der Waals surface area contributed by atoms with Crippen molar-refractivity contribution in [3.63, 3.8) is 0 Å². The number of hydrogen-bond acceptors (Lipinski definition) is 6. The minimum atomic E-state index is -1.33. The zero-order valence-electron chi connectivity index (χ0n) is 17.6. The number of ether oxygens (including phenoxy) is 1. The predicted molar refractivity (Wildman–Crippen MR) is 126 cm³/mol. The highest BCUT2D eigenvalue weighted by Gasteiger charge is 2.39. The Kier molecular flexibility index (Phi) is 6.78. The molecule has 3 heterocycles. The molecule has 4 rings (SSSR count). The third-order valence-corrected chi connectivity index (χ3v) is 7.69. The van der Waals surface area contributed by atoms with E-state index in [4.69, 9.17) is 27.9 Å². The van der Waals surface area contributed by atoms with E-state index < -0.39 is 33.3 Å². The number of nitrogens with zero attached hydrogens (tertiary/aromatic N) is 3. The second-order valence-electron chi connectivity index (χ2n) is 7.73. The highest BCUT2D eigenvalue weighted by atomic mass is 35.5. The van der Waals surface area contributed by atoms with Gasteiger partial charge in [0.15, 0.2) is 0 Å². The van der Waals surface area contributed by atoms with Gasteiger partial charge in [-0.25, -0.2) is 14.2 Å². The van der Waals surface area contributed by atoms with Gasteiger partial charge in [0.2, 0.25) is 10.4 Å². The van der Waals surface area contributed by atoms with Gasteiger partial charge < -0.3 is 15.0 Å². The zero-order valence-corrected chi connectivity index (χ0v) is 19.9. The highest BCUT2D eigenvalue weighted by Crippen LogP contribution is 2.35. The quantitative estimate of drug-likeness (QED) is 0.487. The summed E-state index contributed by atoms with van der Waals surface area (Å²) in [6.45, 7) is 2.16. The van der Waals surface area contributed by atoms with Gasteiger partial charge in [0.05, 0.1) is 24.5 Å². The number of amides is 2. The molecule has 0 radical (unpaired) electrons. The van der Waals surface area contributed by atoms with Gasteiger partial charge in [-0.1, -0.05) is 23.2 Å². The van der Waals surface area contributed by atoms with Gasteiger partial charge in [0.1, 0.15) is 17.7 Å². The molecule has 0 bridgehead atoms. The Bertz CT molecular complexity index is 1100. The Hall–Kier alpha value is -2.43. The summed E-state index contributed by atoms with van der Waals surface area (Å²) in [4.78, 5) is 30.6. The second kappa shape index (κ2) is 9.44. The molecule has 0 spiro atoms. The fourth-order valence-corrected chi connectivity index (χ4v) is 5.84. The number of hydrogen-bond donors (Lipinski definition) is 1. The van der Waals surface area contributed by atoms with Crippen LogP contribution in [0.5, 0.6) is 0 Å². The van der Waals surface area contributed by atoms with Crippen LogP contribution in [0.4, 0.5) is 20.7 Å². The lowest BCUT2D eigenvalue weighted by molar-refractivity contribution is -0.119. The van der Waals surface area contributed by atoms with Crippen molar-refractivity contribution in [3.8, 4) is 11.1 Å². The number of aromatic nitrogens is 1. The van der Waals surface area contributed by atoms with E-state index in [2.05, 4.69) is 10.3 Å². The largest absolute Gasteiger partial charge is 0.442 e. The Morgan fingerprint density at radius 1 is 1.36 bits per heavy atom. The molecule has 8 nitrogen and oxygen atoms in total. The molecule has 2 aromatic rings. The van der Waals surface area contributed by atoms with Crippen molar-refractivity contribution >= 4 is 57.5 Å². The molecule has 2 aliphatic heterocycles. The zero-order chi connectivity index (χ0) is 23.8. The number of benzene rings is 1. The van der Waals surface area contributed by atoms with Crippen LogP contribution >= 0.6 is 23.2 Å². The van der Waals surface area contributed by atoms with Crippen LogP contribution in [0.25, 0.3) is 11.1 Å². The van der Waals surface area contributed by atoms with E-state index in [0.29, 0.717) is 34.9 Å². The first kappa shape index (κ1) is 23.7. The van der Waals surface area contributed by atoms with Gasteiger partial charge in [-0.3, -0.25) is 13.9 Å². The van der Waals surface area contributed by atoms with Crippen molar-refractivity contribution < 1.29 is 22.9 Å². The third-order valence-electron chi connectivity index (χ3n) is 5.32. The SMILES string of the molecule is CC(=O)NCC1CN(c2ccc(-c3ccc(N4CC[S@](=O)CC4(Cl)Cl)nc3)c(F)c2)C(=O)O1. The smallest absolute Gasteiger partial charge is 0.414 e. The first-order valence-electron chi connectivity index (χ1n) is 10.1. The standard InChI is InChI=1S/C21H21Cl2FN4O4S/c1-13(29)25-10-16-11-27(20(30)32-16)15-3-4-17(18(24)8-15)14-2-5-19(26-9-14)28-6-7-33(31)12-21(28,22)23/h2-5,8-9,16H,6-7,10-12H2,1H3,(H,25,29)/t16?,33-/m0/s1. The maximum Gasteiger partial charge on any atom is 0.414 e. The van der Waals surface area contributed by atoms with E-state index in [-0.39, 0.29) is 24.7 Å². The number of anilines is 2. The summed E-state index contributed by atoms with van der Waals surface area (Å²) in [5.74, 6) is 0.295. The minimum Gasteiger partial charge on any atom is -0.442 e. The number of alkyl halides is 2. The van der Waals surface area contributed by atoms with Gasteiger partial charge >= 0.3 is 6.09 Å². The minimum absolute atomic E-state index is 0.111. The molecule has 1 aromatic heterocycles. The lowest BCUT2D eigenvalue weighted by atomic mass is 10.1. The summed E-state index contributed by atoms with van der Waals surface area (Å²) in [6.07, 6.45) is 0.400. The molecule has 33 heavy (non-hydrogen) atoms. The van der Waals surface area contributed by atoms with Gasteiger partial charge in [-0.15, -0.1) is 0 Å². The maximum absolute atomic E-state index is 14.9. The number of cyclic esters (lactones) is 1. The molecule has 2 aliphatic rings. The van der Waals surface area contributed by atoms with Crippen LogP contribution < -0.4 is 15.1 Å². The molecule has 2 amide bonds. The van der Waals surface area contributed by atoms with Crippen LogP contribution in [0, 0.1) is 5.82 Å². The predicted octanol–water partition coefficient (Wildman–Crippen LogP) is 3.05. The molecule has 1 N–H and O–H groups in total. The van der Waals surface area contributed by atoms with Crippen LogP contribution in [0.3, 0.4) is 0 Å². The number of carbonyl (C=O) groups is 2. The molecule has 176 valence electrons. The average Bonchev–Trinajstić information content (AvgIpc) is 3.12. The van der Waals surface area contributed by atoms with Crippen LogP contribution in [0.1, 0.15) is 6.92 Å². The molecule has 1 unspecified atom stereocenters. The number of nitrogens with one attached hydrogen (secondary N) is 1. The van der Waals surface area contributed by atoms with Crippen molar-refractivity contribution in [3.05, 3.63) is 42.3 Å². The third kappa shape index (κ3) is 5.23. The van der Waals surface area contributed by atoms with Gasteiger partial charge in [-0.05, 0) is 30.3 Å². The first-order valence-corrected chi connectivity index (χ1v) is 12.4. The van der Waals surface area contributed by atoms with E-state index in [9.17, 15) is 18.2 Å². The topological polar surface area (TPSA) is 91.8 Å². The van der Waals surface area contributed by atoms with Crippen LogP contribution in [-0.2, 0) is 20.3 Å². The Morgan fingerprint density at radius 3 is 2.79 bits per heavy atom. The number of halogens is 3. The van der Waals surface area contributed by atoms with E-state index in [0.717, 1.165) is 0 Å². The Morgan fingerprint density at radius 2 is 2.15 bits per heavy atom. The van der Waals surface area contributed by atoms with Gasteiger partial charge in [0.25, 0.3) is 0 Å². The van der Waals surface area contributed by atoms with Crippen molar-refractivity contribution in [2.75, 3.05) is 40.9 Å². The summed E-state index contributed by atoms with van der Waals surface area (Å²) in [5, 5.41) is 2.60. The number of rotatable bonds is 5. The van der Waals surface area contributed by atoms with Crippen molar-refractivity contribution in [1.82, 2.24) is 10.3 Å². The van der Waals surface area contributed by atoms with E-state index >= 15 is 0 Å². The molecular formula is C21H21Cl2FN4O4S. The van der Waals surface area contributed by atoms with E-state index in [1.165, 1.54) is 24.1 Å². The highest BCUT2D eigenvalue weighted by molar-refractivity contribution is 7.85. The normalized spacial score (nSPS) is 22.2. The number of pyridine rings is 1. The first-order chi connectivity index (χ1) is 15.6. The maximum atomic E-state index is 14.9. The van der Waals surface area contributed by atoms with E-state index in [1.807, 2.05) is 0 Å². The van der Waals surface area contributed by atoms with Gasteiger partial charge in [-0.2, -0.15) is 0 Å². The summed E-state index contributed by atoms with van der Waals surface area (Å²) < 4.78 is 30.6.